The highest BCUT2D eigenvalue weighted by Crippen LogP contribution is 2.63. The van der Waals surface area contributed by atoms with Crippen LogP contribution in [0.4, 0.5) is 0 Å². The molecule has 1 aromatic carbocycles. The summed E-state index contributed by atoms with van der Waals surface area (Å²) in [5.74, 6) is 0.779. The van der Waals surface area contributed by atoms with Crippen LogP contribution in [0, 0.1) is 16.7 Å². The second kappa shape index (κ2) is 6.56. The van der Waals surface area contributed by atoms with Crippen LogP contribution in [0.5, 0.6) is 0 Å². The molecule has 28 heavy (non-hydrogen) atoms. The quantitative estimate of drug-likeness (QED) is 0.814. The lowest BCUT2D eigenvalue weighted by atomic mass is 9.48. The summed E-state index contributed by atoms with van der Waals surface area (Å²) in [6.45, 7) is 11.6. The van der Waals surface area contributed by atoms with Crippen LogP contribution in [-0.2, 0) is 16.1 Å². The van der Waals surface area contributed by atoms with E-state index in [1.807, 2.05) is 35.1 Å². The van der Waals surface area contributed by atoms with Gasteiger partial charge in [-0.15, -0.1) is 0 Å². The van der Waals surface area contributed by atoms with Crippen LogP contribution in [0.3, 0.4) is 0 Å². The Bertz CT molecular complexity index is 886. The number of carbonyl (C=O) groups excluding carboxylic acids is 1. The van der Waals surface area contributed by atoms with Crippen molar-refractivity contribution in [2.45, 2.75) is 26.8 Å². The molecule has 2 atom stereocenters. The van der Waals surface area contributed by atoms with E-state index in [1.165, 1.54) is 6.42 Å². The molecule has 3 aliphatic rings. The molecule has 150 valence electrons. The third-order valence-corrected chi connectivity index (χ3v) is 7.23. The number of benzene rings is 1. The van der Waals surface area contributed by atoms with Crippen molar-refractivity contribution in [3.05, 3.63) is 30.5 Å². The van der Waals surface area contributed by atoms with Gasteiger partial charge < -0.3 is 9.64 Å². The lowest BCUT2D eigenvalue weighted by Crippen LogP contribution is -2.59. The molecule has 1 saturated carbocycles. The topological polar surface area (TPSA) is 50.6 Å². The highest BCUT2D eigenvalue weighted by atomic mass is 16.5. The Hall–Kier alpha value is -1.92. The summed E-state index contributed by atoms with van der Waals surface area (Å²) in [5, 5.41) is 5.53. The van der Waals surface area contributed by atoms with Crippen LogP contribution in [0.25, 0.3) is 10.9 Å². The van der Waals surface area contributed by atoms with E-state index >= 15 is 0 Å². The number of likely N-dealkylation sites (tertiary alicyclic amines) is 1. The van der Waals surface area contributed by atoms with Crippen molar-refractivity contribution < 1.29 is 9.53 Å². The monoisotopic (exact) mass is 382 g/mol. The van der Waals surface area contributed by atoms with E-state index in [-0.39, 0.29) is 11.3 Å². The van der Waals surface area contributed by atoms with E-state index in [0.29, 0.717) is 17.9 Å². The Morgan fingerprint density at radius 3 is 2.82 bits per heavy atom. The van der Waals surface area contributed by atoms with E-state index < -0.39 is 0 Å². The Balaban J connectivity index is 1.31. The number of hydrogen-bond donors (Lipinski definition) is 0. The van der Waals surface area contributed by atoms with Crippen LogP contribution in [0.1, 0.15) is 20.3 Å². The molecule has 3 heterocycles. The van der Waals surface area contributed by atoms with Crippen molar-refractivity contribution in [2.24, 2.45) is 16.7 Å². The number of morpholine rings is 1. The molecule has 3 fully saturated rings. The maximum Gasteiger partial charge on any atom is 0.244 e. The number of aromatic nitrogens is 2. The Kier molecular flexibility index (Phi) is 4.25. The number of ether oxygens (including phenoxy) is 1. The van der Waals surface area contributed by atoms with Crippen LogP contribution in [0.15, 0.2) is 30.5 Å². The summed E-state index contributed by atoms with van der Waals surface area (Å²) in [7, 11) is 0. The van der Waals surface area contributed by atoms with Crippen LogP contribution >= 0.6 is 0 Å². The molecule has 0 spiro atoms. The first kappa shape index (κ1) is 18.1. The fourth-order valence-corrected chi connectivity index (χ4v) is 6.11. The average Bonchev–Trinajstić information content (AvgIpc) is 3.22. The lowest BCUT2D eigenvalue weighted by Gasteiger charge is -2.58. The number of fused-ring (bicyclic) bond motifs is 2. The number of rotatable bonds is 4. The van der Waals surface area contributed by atoms with Gasteiger partial charge in [-0.05, 0) is 23.8 Å². The van der Waals surface area contributed by atoms with Gasteiger partial charge in [0, 0.05) is 43.5 Å². The SMILES string of the molecule is CC1(C)C[C@]2(CN3CCOCC3)CN(C(=O)Cn3ncc4ccccc43)C[C@H]12. The summed E-state index contributed by atoms with van der Waals surface area (Å²) in [6.07, 6.45) is 3.05. The molecule has 1 aromatic heterocycles. The van der Waals surface area contributed by atoms with E-state index in [0.717, 1.165) is 56.8 Å². The highest BCUT2D eigenvalue weighted by Gasteiger charge is 2.63. The number of amides is 1. The molecule has 2 aliphatic heterocycles. The van der Waals surface area contributed by atoms with Crippen molar-refractivity contribution in [1.29, 1.82) is 0 Å². The maximum atomic E-state index is 13.2. The molecular weight excluding hydrogens is 352 g/mol. The minimum absolute atomic E-state index is 0.195. The number of carbonyl (C=O) groups is 1. The molecule has 1 amide bonds. The third kappa shape index (κ3) is 2.94. The van der Waals surface area contributed by atoms with E-state index in [1.54, 1.807) is 0 Å². The van der Waals surface area contributed by atoms with E-state index in [9.17, 15) is 4.79 Å². The largest absolute Gasteiger partial charge is 0.379 e. The predicted molar refractivity (Wildman–Crippen MR) is 108 cm³/mol. The zero-order valence-corrected chi connectivity index (χ0v) is 16.9. The van der Waals surface area contributed by atoms with Crippen molar-refractivity contribution in [1.82, 2.24) is 19.6 Å². The number of nitrogens with zero attached hydrogens (tertiary/aromatic N) is 4. The molecule has 6 nitrogen and oxygen atoms in total. The normalized spacial score (nSPS) is 29.6. The maximum absolute atomic E-state index is 13.2. The second-order valence-electron chi connectivity index (χ2n) is 9.60. The van der Waals surface area contributed by atoms with Crippen molar-refractivity contribution >= 4 is 16.8 Å². The number of hydrogen-bond acceptors (Lipinski definition) is 4. The van der Waals surface area contributed by atoms with Crippen LogP contribution < -0.4 is 0 Å². The van der Waals surface area contributed by atoms with E-state index in [4.69, 9.17) is 4.74 Å². The molecule has 0 N–H and O–H groups in total. The fourth-order valence-electron chi connectivity index (χ4n) is 6.11. The molecule has 2 aromatic rings. The Labute approximate surface area is 166 Å². The summed E-state index contributed by atoms with van der Waals surface area (Å²) in [6, 6.07) is 8.08. The second-order valence-corrected chi connectivity index (χ2v) is 9.60. The first-order valence-corrected chi connectivity index (χ1v) is 10.5. The van der Waals surface area contributed by atoms with Gasteiger partial charge in [0.2, 0.25) is 5.91 Å². The summed E-state index contributed by atoms with van der Waals surface area (Å²) < 4.78 is 7.37. The van der Waals surface area contributed by atoms with Crippen LogP contribution in [0.2, 0.25) is 0 Å². The predicted octanol–water partition coefficient (Wildman–Crippen LogP) is 2.24. The van der Waals surface area contributed by atoms with E-state index in [2.05, 4.69) is 28.7 Å². The van der Waals surface area contributed by atoms with Gasteiger partial charge in [0.05, 0.1) is 24.9 Å². The molecule has 0 unspecified atom stereocenters. The van der Waals surface area contributed by atoms with Gasteiger partial charge in [0.15, 0.2) is 0 Å². The van der Waals surface area contributed by atoms with Crippen molar-refractivity contribution in [2.75, 3.05) is 45.9 Å². The molecule has 0 radical (unpaired) electrons. The van der Waals surface area contributed by atoms with Crippen molar-refractivity contribution in [3.8, 4) is 0 Å². The average molecular weight is 383 g/mol. The Morgan fingerprint density at radius 2 is 2.04 bits per heavy atom. The minimum atomic E-state index is 0.195. The van der Waals surface area contributed by atoms with Crippen molar-refractivity contribution in [3.63, 3.8) is 0 Å². The summed E-state index contributed by atoms with van der Waals surface area (Å²) in [4.78, 5) is 17.8. The summed E-state index contributed by atoms with van der Waals surface area (Å²) >= 11 is 0. The number of para-hydroxylation sites is 1. The van der Waals surface area contributed by atoms with Gasteiger partial charge >= 0.3 is 0 Å². The molecule has 5 rings (SSSR count). The Morgan fingerprint density at radius 1 is 1.25 bits per heavy atom. The molecule has 6 heteroatoms. The molecule has 2 saturated heterocycles. The highest BCUT2D eigenvalue weighted by molar-refractivity contribution is 5.82. The summed E-state index contributed by atoms with van der Waals surface area (Å²) in [5.41, 5.74) is 1.60. The van der Waals surface area contributed by atoms with Gasteiger partial charge in [-0.3, -0.25) is 14.4 Å². The van der Waals surface area contributed by atoms with Gasteiger partial charge in [0.1, 0.15) is 6.54 Å². The molecular formula is C22H30N4O2. The standard InChI is InChI=1S/C22H30N4O2/c1-21(2)14-22(15-24-7-9-28-10-8-24)16-25(12-19(21)22)20(27)13-26-18-6-4-3-5-17(18)11-23-26/h3-6,11,19H,7-10,12-16H2,1-2H3/t19-,22+/m1/s1. The fraction of sp³-hybridized carbons (Fsp3) is 0.636. The third-order valence-electron chi connectivity index (χ3n) is 7.23. The van der Waals surface area contributed by atoms with Gasteiger partial charge in [-0.25, -0.2) is 0 Å². The van der Waals surface area contributed by atoms with Crippen LogP contribution in [-0.4, -0.2) is 71.4 Å². The zero-order valence-electron chi connectivity index (χ0n) is 16.9. The first-order valence-electron chi connectivity index (χ1n) is 10.5. The van der Waals surface area contributed by atoms with Gasteiger partial charge in [0.25, 0.3) is 0 Å². The van der Waals surface area contributed by atoms with Gasteiger partial charge in [-0.2, -0.15) is 5.10 Å². The lowest BCUT2D eigenvalue weighted by molar-refractivity contribution is -0.131. The smallest absolute Gasteiger partial charge is 0.244 e. The zero-order chi connectivity index (χ0) is 19.4. The van der Waals surface area contributed by atoms with Gasteiger partial charge in [-0.1, -0.05) is 32.0 Å². The molecule has 0 bridgehead atoms. The first-order chi connectivity index (χ1) is 13.5. The minimum Gasteiger partial charge on any atom is -0.379 e. The molecule has 1 aliphatic carbocycles.